The van der Waals surface area contributed by atoms with E-state index in [9.17, 15) is 0 Å². The minimum Gasteiger partial charge on any atom is -0.262 e. The highest BCUT2D eigenvalue weighted by Crippen LogP contribution is 2.50. The Kier molecular flexibility index (Phi) is 3.49. The van der Waals surface area contributed by atoms with E-state index in [1.807, 2.05) is 0 Å². The van der Waals surface area contributed by atoms with Crippen LogP contribution in [0.25, 0.3) is 0 Å². The summed E-state index contributed by atoms with van der Waals surface area (Å²) in [6.07, 6.45) is 1.08. The minimum atomic E-state index is -0.337. The summed E-state index contributed by atoms with van der Waals surface area (Å²) in [5.74, 6) is 0.418. The molecule has 0 amide bonds. The third kappa shape index (κ3) is 2.26. The number of fused-ring (bicyclic) bond motifs is 1. The van der Waals surface area contributed by atoms with Gasteiger partial charge in [0, 0.05) is 18.5 Å². The van der Waals surface area contributed by atoms with Gasteiger partial charge in [-0.25, -0.2) is 9.78 Å². The van der Waals surface area contributed by atoms with Crippen molar-refractivity contribution < 1.29 is 9.78 Å². The molecular weight excluding hydrogens is 274 g/mol. The van der Waals surface area contributed by atoms with Crippen LogP contribution < -0.4 is 0 Å². The monoisotopic (exact) mass is 295 g/mol. The zero-order valence-corrected chi connectivity index (χ0v) is 12.8. The molecule has 4 rings (SSSR count). The van der Waals surface area contributed by atoms with Crippen molar-refractivity contribution in [3.05, 3.63) is 71.8 Å². The maximum Gasteiger partial charge on any atom is 0.159 e. The van der Waals surface area contributed by atoms with Crippen LogP contribution in [0.2, 0.25) is 0 Å². The van der Waals surface area contributed by atoms with Gasteiger partial charge in [0.05, 0.1) is 6.61 Å². The van der Waals surface area contributed by atoms with Crippen molar-refractivity contribution in [2.45, 2.75) is 31.7 Å². The lowest BCUT2D eigenvalue weighted by Gasteiger charge is -2.35. The zero-order chi connectivity index (χ0) is 15.0. The van der Waals surface area contributed by atoms with Gasteiger partial charge in [0.1, 0.15) is 0 Å². The summed E-state index contributed by atoms with van der Waals surface area (Å²) in [4.78, 5) is 13.5. The van der Waals surface area contributed by atoms with Crippen LogP contribution in [0, 0.1) is 5.92 Å². The molecule has 1 unspecified atom stereocenters. The standard InChI is InChI=1S/C19H21NO2/c1-19-17(14-21-22-19)12-18(16-10-6-3-7-11-16)20(19)13-15-8-4-2-5-9-15/h2-11,17-18H,12-14H2,1H3/t17-,18?,19+/m0/s1. The fraction of sp³-hybridized carbons (Fsp3) is 0.368. The lowest BCUT2D eigenvalue weighted by Crippen LogP contribution is -2.44. The molecule has 3 heteroatoms. The molecule has 2 heterocycles. The van der Waals surface area contributed by atoms with E-state index in [2.05, 4.69) is 72.5 Å². The molecule has 0 spiro atoms. The van der Waals surface area contributed by atoms with E-state index in [1.165, 1.54) is 11.1 Å². The van der Waals surface area contributed by atoms with Gasteiger partial charge in [-0.15, -0.1) is 0 Å². The van der Waals surface area contributed by atoms with E-state index < -0.39 is 0 Å². The fourth-order valence-electron chi connectivity index (χ4n) is 3.77. The second kappa shape index (κ2) is 5.51. The predicted octanol–water partition coefficient (Wildman–Crippen LogP) is 3.93. The van der Waals surface area contributed by atoms with Crippen LogP contribution in [0.1, 0.15) is 30.5 Å². The average Bonchev–Trinajstić information content (AvgIpc) is 3.05. The Labute approximate surface area is 131 Å². The van der Waals surface area contributed by atoms with Crippen LogP contribution in [0.15, 0.2) is 60.7 Å². The highest BCUT2D eigenvalue weighted by Gasteiger charge is 2.55. The number of hydrogen-bond acceptors (Lipinski definition) is 3. The highest BCUT2D eigenvalue weighted by atomic mass is 17.2. The molecule has 22 heavy (non-hydrogen) atoms. The zero-order valence-electron chi connectivity index (χ0n) is 12.8. The molecule has 0 saturated carbocycles. The largest absolute Gasteiger partial charge is 0.262 e. The van der Waals surface area contributed by atoms with Crippen molar-refractivity contribution in [2.75, 3.05) is 6.61 Å². The van der Waals surface area contributed by atoms with Gasteiger partial charge in [-0.1, -0.05) is 60.7 Å². The van der Waals surface area contributed by atoms with Gasteiger partial charge in [0.2, 0.25) is 0 Å². The summed E-state index contributed by atoms with van der Waals surface area (Å²) in [5, 5.41) is 0. The second-order valence-electron chi connectivity index (χ2n) is 6.40. The summed E-state index contributed by atoms with van der Waals surface area (Å²) >= 11 is 0. The summed E-state index contributed by atoms with van der Waals surface area (Å²) in [6.45, 7) is 3.72. The number of nitrogens with zero attached hydrogens (tertiary/aromatic N) is 1. The Morgan fingerprint density at radius 1 is 1.05 bits per heavy atom. The summed E-state index contributed by atoms with van der Waals surface area (Å²) in [5.41, 5.74) is 2.33. The Bertz CT molecular complexity index is 630. The van der Waals surface area contributed by atoms with Crippen molar-refractivity contribution >= 4 is 0 Å². The van der Waals surface area contributed by atoms with Gasteiger partial charge in [-0.3, -0.25) is 4.90 Å². The molecule has 114 valence electrons. The third-order valence-electron chi connectivity index (χ3n) is 5.09. The van der Waals surface area contributed by atoms with Gasteiger partial charge < -0.3 is 0 Å². The highest BCUT2D eigenvalue weighted by molar-refractivity contribution is 5.23. The molecular formula is C19H21NO2. The topological polar surface area (TPSA) is 21.7 Å². The Hall–Kier alpha value is -1.68. The molecule has 2 aromatic carbocycles. The number of rotatable bonds is 3. The molecule has 0 aliphatic carbocycles. The average molecular weight is 295 g/mol. The van der Waals surface area contributed by atoms with Gasteiger partial charge in [0.25, 0.3) is 0 Å². The first-order valence-electron chi connectivity index (χ1n) is 7.93. The third-order valence-corrected chi connectivity index (χ3v) is 5.09. The van der Waals surface area contributed by atoms with Gasteiger partial charge in [-0.05, 0) is 24.5 Å². The molecule has 2 aromatic rings. The number of hydrogen-bond donors (Lipinski definition) is 0. The van der Waals surface area contributed by atoms with E-state index in [-0.39, 0.29) is 5.72 Å². The van der Waals surface area contributed by atoms with E-state index >= 15 is 0 Å². The van der Waals surface area contributed by atoms with Crippen LogP contribution >= 0.6 is 0 Å². The minimum absolute atomic E-state index is 0.337. The summed E-state index contributed by atoms with van der Waals surface area (Å²) < 4.78 is 0. The van der Waals surface area contributed by atoms with Crippen LogP contribution in [0.5, 0.6) is 0 Å². The van der Waals surface area contributed by atoms with Crippen molar-refractivity contribution in [3.8, 4) is 0 Å². The quantitative estimate of drug-likeness (QED) is 0.801. The van der Waals surface area contributed by atoms with Gasteiger partial charge in [-0.2, -0.15) is 0 Å². The number of benzene rings is 2. The molecule has 3 atom stereocenters. The van der Waals surface area contributed by atoms with Crippen LogP contribution in [0.3, 0.4) is 0 Å². The summed E-state index contributed by atoms with van der Waals surface area (Å²) in [7, 11) is 0. The second-order valence-corrected chi connectivity index (χ2v) is 6.40. The lowest BCUT2D eigenvalue weighted by molar-refractivity contribution is -0.341. The van der Waals surface area contributed by atoms with E-state index in [1.54, 1.807) is 0 Å². The molecule has 0 aromatic heterocycles. The van der Waals surface area contributed by atoms with Crippen molar-refractivity contribution in [3.63, 3.8) is 0 Å². The summed E-state index contributed by atoms with van der Waals surface area (Å²) in [6, 6.07) is 21.7. The SMILES string of the molecule is C[C@@]12OOC[C@@H]1CC(c1ccccc1)N2Cc1ccccc1. The smallest absolute Gasteiger partial charge is 0.159 e. The molecule has 2 saturated heterocycles. The Morgan fingerprint density at radius 2 is 1.73 bits per heavy atom. The van der Waals surface area contributed by atoms with E-state index in [0.717, 1.165) is 13.0 Å². The first-order chi connectivity index (χ1) is 10.8. The van der Waals surface area contributed by atoms with Crippen LogP contribution in [0.4, 0.5) is 0 Å². The van der Waals surface area contributed by atoms with Crippen molar-refractivity contribution in [2.24, 2.45) is 5.92 Å². The fourth-order valence-corrected chi connectivity index (χ4v) is 3.77. The van der Waals surface area contributed by atoms with Gasteiger partial charge >= 0.3 is 0 Å². The molecule has 0 N–H and O–H groups in total. The van der Waals surface area contributed by atoms with E-state index in [0.29, 0.717) is 18.6 Å². The molecule has 2 fully saturated rings. The van der Waals surface area contributed by atoms with Gasteiger partial charge in [0.15, 0.2) is 5.72 Å². The molecule has 0 bridgehead atoms. The maximum absolute atomic E-state index is 5.73. The molecule has 2 aliphatic rings. The van der Waals surface area contributed by atoms with Crippen LogP contribution in [-0.4, -0.2) is 17.2 Å². The Morgan fingerprint density at radius 3 is 2.45 bits per heavy atom. The normalized spacial score (nSPS) is 31.3. The molecule has 2 aliphatic heterocycles. The van der Waals surface area contributed by atoms with Crippen molar-refractivity contribution in [1.29, 1.82) is 0 Å². The first-order valence-corrected chi connectivity index (χ1v) is 7.93. The Balaban J connectivity index is 1.69. The number of likely N-dealkylation sites (tertiary alicyclic amines) is 1. The first kappa shape index (κ1) is 13.9. The van der Waals surface area contributed by atoms with Crippen LogP contribution in [-0.2, 0) is 16.3 Å². The maximum atomic E-state index is 5.73. The molecule has 3 nitrogen and oxygen atoms in total. The lowest BCUT2D eigenvalue weighted by atomic mass is 9.96. The predicted molar refractivity (Wildman–Crippen MR) is 84.7 cm³/mol. The van der Waals surface area contributed by atoms with E-state index in [4.69, 9.17) is 9.78 Å². The van der Waals surface area contributed by atoms with Crippen molar-refractivity contribution in [1.82, 2.24) is 4.90 Å². The molecule has 0 radical (unpaired) electrons.